The Morgan fingerprint density at radius 1 is 0.595 bits per heavy atom. The van der Waals surface area contributed by atoms with E-state index in [1.807, 2.05) is 0 Å². The van der Waals surface area contributed by atoms with Gasteiger partial charge >= 0.3 is 250 Å². The van der Waals surface area contributed by atoms with Crippen LogP contribution in [-0.4, -0.2) is 20.0 Å². The van der Waals surface area contributed by atoms with Crippen LogP contribution in [0.25, 0.3) is 12.2 Å². The van der Waals surface area contributed by atoms with E-state index in [0.29, 0.717) is 7.25 Å². The second-order valence-electron chi connectivity index (χ2n) is 11.7. The summed E-state index contributed by atoms with van der Waals surface area (Å²) in [4.78, 5) is 4.67. The Balaban J connectivity index is 0.00000202. The molecule has 0 fully saturated rings. The summed E-state index contributed by atoms with van der Waals surface area (Å²) in [5.74, 6) is -0.876. The van der Waals surface area contributed by atoms with Crippen molar-refractivity contribution < 1.29 is 45.7 Å². The van der Waals surface area contributed by atoms with Gasteiger partial charge in [0.05, 0.1) is 0 Å². The quantitative estimate of drug-likeness (QED) is 0.275. The van der Waals surface area contributed by atoms with E-state index in [1.165, 1.54) is 33.9 Å². The average Bonchev–Trinajstić information content (AvgIpc) is 3.48. The first-order valence-corrected chi connectivity index (χ1v) is 24.4. The molecule has 0 spiro atoms. The van der Waals surface area contributed by atoms with Gasteiger partial charge in [-0.05, 0) is 0 Å². The molecule has 6 heteroatoms. The maximum atomic E-state index is 2.64. The number of hydrogen-bond donors (Lipinski definition) is 0. The van der Waals surface area contributed by atoms with Crippen LogP contribution >= 0.6 is 0 Å². The van der Waals surface area contributed by atoms with Crippen molar-refractivity contribution in [1.82, 2.24) is 0 Å². The van der Waals surface area contributed by atoms with Gasteiger partial charge in [0.15, 0.2) is 0 Å². The first-order valence-electron chi connectivity index (χ1n) is 14.4. The van der Waals surface area contributed by atoms with Crippen LogP contribution in [0.5, 0.6) is 0 Å². The first kappa shape index (κ1) is 32.6. The first-order chi connectivity index (χ1) is 19.3. The van der Waals surface area contributed by atoms with E-state index >= 15 is 0 Å². The van der Waals surface area contributed by atoms with Gasteiger partial charge in [-0.15, -0.1) is 0 Å². The number of nitrogens with zero attached hydrogens (tertiary/aromatic N) is 2. The topological polar surface area (TPSA) is 6.48 Å². The summed E-state index contributed by atoms with van der Waals surface area (Å²) in [7, 11) is 4.39. The van der Waals surface area contributed by atoms with Crippen molar-refractivity contribution in [2.45, 2.75) is 34.2 Å². The summed E-state index contributed by atoms with van der Waals surface area (Å²) in [5, 5.41) is 0. The molecular formula is C36H39Cl2N2SiZr. The van der Waals surface area contributed by atoms with E-state index in [2.05, 4.69) is 160 Å². The maximum absolute atomic E-state index is 2.64. The summed E-state index contributed by atoms with van der Waals surface area (Å²) in [5.41, 5.74) is 14.3. The monoisotopic (exact) mass is 687 g/mol. The van der Waals surface area contributed by atoms with Gasteiger partial charge in [-0.25, -0.2) is 0 Å². The molecule has 0 saturated heterocycles. The van der Waals surface area contributed by atoms with Gasteiger partial charge in [-0.1, -0.05) is 0 Å². The van der Waals surface area contributed by atoms with Crippen LogP contribution in [0, 0.1) is 0 Å². The van der Waals surface area contributed by atoms with Gasteiger partial charge in [0, 0.05) is 0 Å². The molecule has 2 nitrogen and oxygen atoms in total. The van der Waals surface area contributed by atoms with Gasteiger partial charge in [0.2, 0.25) is 0 Å². The van der Waals surface area contributed by atoms with E-state index in [-0.39, 0.29) is 24.8 Å². The molecule has 2 unspecified atom stereocenters. The second-order valence-corrected chi connectivity index (χ2v) is 31.7. The third kappa shape index (κ3) is 5.89. The molecule has 0 saturated carbocycles. The fraction of sp³-hybridized carbons (Fsp3) is 0.222. The van der Waals surface area contributed by atoms with Crippen molar-refractivity contribution in [3.63, 3.8) is 0 Å². The number of fused-ring (bicyclic) bond motifs is 2. The number of anilines is 4. The van der Waals surface area contributed by atoms with E-state index in [1.54, 1.807) is 22.3 Å². The molecule has 2 aliphatic rings. The van der Waals surface area contributed by atoms with E-state index in [0.717, 1.165) is 0 Å². The van der Waals surface area contributed by atoms with Crippen LogP contribution in [0.15, 0.2) is 108 Å². The van der Waals surface area contributed by atoms with Gasteiger partial charge in [-0.2, -0.15) is 0 Å². The zero-order valence-corrected chi connectivity index (χ0v) is 30.4. The smallest absolute Gasteiger partial charge is 1.00 e. The Hall–Kier alpha value is -2.36. The Labute approximate surface area is 273 Å². The zero-order chi connectivity index (χ0) is 28.0. The Morgan fingerprint density at radius 3 is 1.79 bits per heavy atom. The van der Waals surface area contributed by atoms with Gasteiger partial charge in [-0.3, -0.25) is 0 Å². The minimum Gasteiger partial charge on any atom is -1.00 e. The molecule has 0 aliphatic heterocycles. The van der Waals surface area contributed by atoms with Crippen LogP contribution in [0.2, 0.25) is 13.1 Å². The fourth-order valence-electron chi connectivity index (χ4n) is 6.87. The molecule has 0 amide bonds. The Kier molecular flexibility index (Phi) is 10.5. The van der Waals surface area contributed by atoms with E-state index in [4.69, 9.17) is 0 Å². The average molecular weight is 690 g/mol. The number of halogens is 2. The van der Waals surface area contributed by atoms with Crippen molar-refractivity contribution in [2.24, 2.45) is 0 Å². The number of para-hydroxylation sites is 2. The summed E-state index contributed by atoms with van der Waals surface area (Å²) in [6, 6.07) is 35.7. The summed E-state index contributed by atoms with van der Waals surface area (Å²) >= 11 is -2.04. The predicted octanol–water partition coefficient (Wildman–Crippen LogP) is 3.45. The van der Waals surface area contributed by atoms with Crippen LogP contribution in [0.1, 0.15) is 43.4 Å². The molecule has 0 aromatic heterocycles. The van der Waals surface area contributed by atoms with Crippen molar-refractivity contribution in [1.29, 1.82) is 0 Å². The maximum Gasteiger partial charge on any atom is -1.00 e. The van der Waals surface area contributed by atoms with Crippen LogP contribution < -0.4 is 34.6 Å². The van der Waals surface area contributed by atoms with Crippen LogP contribution in [-0.2, 0) is 20.9 Å². The van der Waals surface area contributed by atoms with Crippen molar-refractivity contribution >= 4 is 40.8 Å². The standard InChI is InChI=1S/2C17H16N.C2H7Si.2ClH.Zr/c1-13-11-14-7-6-10-17(16(14)12-13)18(2)15-8-4-3-5-9-15;1-13-10-14-8-9-17(12-15(14)11-13)18(2)16-6-4-3-5-7-16;1-3-2;;;/h2*3-12H,1-2H3;3H,1-2H3;2*1H;/q;;;;;+2/p-2. The molecule has 42 heavy (non-hydrogen) atoms. The summed E-state index contributed by atoms with van der Waals surface area (Å²) in [6.07, 6.45) is 5.03. The fourth-order valence-corrected chi connectivity index (χ4v) is 30.1. The van der Waals surface area contributed by atoms with Crippen molar-refractivity contribution in [2.75, 3.05) is 23.9 Å². The third-order valence-electron chi connectivity index (χ3n) is 8.84. The zero-order valence-electron chi connectivity index (χ0n) is 25.3. The van der Waals surface area contributed by atoms with E-state index in [9.17, 15) is 0 Å². The number of hydrogen-bond acceptors (Lipinski definition) is 2. The normalized spacial score (nSPS) is 16.5. The Bertz CT molecular complexity index is 1600. The Morgan fingerprint density at radius 2 is 1.17 bits per heavy atom. The van der Waals surface area contributed by atoms with Gasteiger partial charge in [0.25, 0.3) is 0 Å². The minimum absolute atomic E-state index is 0. The number of rotatable bonds is 7. The number of benzene rings is 4. The molecule has 6 rings (SSSR count). The molecule has 0 heterocycles. The third-order valence-corrected chi connectivity index (χ3v) is 31.0. The molecular weight excluding hydrogens is 651 g/mol. The van der Waals surface area contributed by atoms with Gasteiger partial charge in [0.1, 0.15) is 0 Å². The summed E-state index contributed by atoms with van der Waals surface area (Å²) < 4.78 is 1.31. The molecule has 2 aliphatic carbocycles. The predicted molar refractivity (Wildman–Crippen MR) is 174 cm³/mol. The van der Waals surface area contributed by atoms with Gasteiger partial charge < -0.3 is 24.8 Å². The largest absolute Gasteiger partial charge is 1.00 e. The van der Waals surface area contributed by atoms with Crippen molar-refractivity contribution in [3.8, 4) is 0 Å². The molecule has 0 radical (unpaired) electrons. The molecule has 0 bridgehead atoms. The van der Waals surface area contributed by atoms with Crippen LogP contribution in [0.3, 0.4) is 0 Å². The molecule has 2 atom stereocenters. The molecule has 215 valence electrons. The van der Waals surface area contributed by atoms with Crippen LogP contribution in [0.4, 0.5) is 22.7 Å². The molecule has 4 aromatic rings. The summed E-state index contributed by atoms with van der Waals surface area (Å²) in [6.45, 7) is 10.1. The second kappa shape index (κ2) is 13.5. The molecule has 4 aromatic carbocycles. The van der Waals surface area contributed by atoms with Crippen molar-refractivity contribution in [3.05, 3.63) is 130 Å². The SMILES string of the molecule is CC1=Cc2cc(N(C)c3ccccc3)ccc2[CH]1[Zr+2]([CH]1C(C)=Cc2c1cccc2N(C)c1ccccc1)[SiH](C)C.[Cl-].[Cl-]. The van der Waals surface area contributed by atoms with E-state index < -0.39 is 26.8 Å². The number of allylic oxidation sites excluding steroid dienone is 2. The minimum atomic E-state index is -2.04. The molecule has 0 N–H and O–H groups in total.